The number of aliphatic carboxylic acids is 1. The molecule has 1 aliphatic heterocycles. The third-order valence-electron chi connectivity index (χ3n) is 5.69. The summed E-state index contributed by atoms with van der Waals surface area (Å²) in [6.45, 7) is 3.59. The average molecular weight is 439 g/mol. The number of carboxylic acid groups (broad SMARTS) is 1. The first-order chi connectivity index (χ1) is 15.6. The molecule has 0 spiro atoms. The van der Waals surface area contributed by atoms with Gasteiger partial charge in [0.05, 0.1) is 13.0 Å². The van der Waals surface area contributed by atoms with Crippen molar-refractivity contribution in [2.45, 2.75) is 64.3 Å². The third-order valence-corrected chi connectivity index (χ3v) is 5.69. The Hall–Kier alpha value is -3.09. The molecule has 1 unspecified atom stereocenters. The average Bonchev–Trinajstić information content (AvgIpc) is 2.79. The maximum atomic E-state index is 11.2. The van der Waals surface area contributed by atoms with Gasteiger partial charge in [0.25, 0.3) is 0 Å². The number of rotatable bonds is 13. The van der Waals surface area contributed by atoms with E-state index in [1.165, 1.54) is 11.8 Å². The van der Waals surface area contributed by atoms with Crippen molar-refractivity contribution in [3.05, 3.63) is 47.2 Å². The van der Waals surface area contributed by atoms with E-state index in [-0.39, 0.29) is 12.5 Å². The largest absolute Gasteiger partial charge is 0.493 e. The fraction of sp³-hybridized carbons (Fsp3) is 0.480. The number of hydrogen-bond acceptors (Lipinski definition) is 6. The minimum Gasteiger partial charge on any atom is -0.493 e. The van der Waals surface area contributed by atoms with Crippen LogP contribution in [0.3, 0.4) is 0 Å². The zero-order valence-electron chi connectivity index (χ0n) is 18.8. The first kappa shape index (κ1) is 23.6. The van der Waals surface area contributed by atoms with Gasteiger partial charge in [-0.1, -0.05) is 32.3 Å². The fourth-order valence-corrected chi connectivity index (χ4v) is 3.96. The molecule has 4 N–H and O–H groups in total. The standard InChI is InChI=1S/C25H34N4O3/c1-2-3-4-7-21(16-24(30)31)28-23-11-10-22(15-19(23)17-26)32-14-12-20-9-8-18-6-5-13-27-25(18)29-20/h8-11,15,17,21,26,28H,2-7,12-14,16H2,1H3,(H,27,29)(H,30,31). The Bertz CT molecular complexity index is 916. The van der Waals surface area contributed by atoms with E-state index in [2.05, 4.69) is 29.7 Å². The second-order valence-electron chi connectivity index (χ2n) is 8.27. The second kappa shape index (κ2) is 12.1. The Kier molecular flexibility index (Phi) is 8.90. The normalized spacial score (nSPS) is 13.5. The van der Waals surface area contributed by atoms with Crippen LogP contribution < -0.4 is 15.4 Å². The fourth-order valence-electron chi connectivity index (χ4n) is 3.96. The molecule has 7 nitrogen and oxygen atoms in total. The van der Waals surface area contributed by atoms with Crippen LogP contribution in [0.4, 0.5) is 11.5 Å². The number of fused-ring (bicyclic) bond motifs is 1. The molecule has 2 heterocycles. The van der Waals surface area contributed by atoms with Crippen LogP contribution in [0.2, 0.25) is 0 Å². The van der Waals surface area contributed by atoms with Gasteiger partial charge in [0, 0.05) is 42.2 Å². The van der Waals surface area contributed by atoms with Crippen molar-refractivity contribution in [1.29, 1.82) is 5.41 Å². The number of hydrogen-bond donors (Lipinski definition) is 4. The SMILES string of the molecule is CCCCCC(CC(=O)O)Nc1ccc(OCCc2ccc3c(n2)NCCC3)cc1C=N. The highest BCUT2D eigenvalue weighted by molar-refractivity contribution is 5.86. The molecule has 1 aromatic heterocycles. The summed E-state index contributed by atoms with van der Waals surface area (Å²) < 4.78 is 5.91. The van der Waals surface area contributed by atoms with E-state index in [0.29, 0.717) is 24.3 Å². The van der Waals surface area contributed by atoms with Crippen molar-refractivity contribution < 1.29 is 14.6 Å². The van der Waals surface area contributed by atoms with Crippen LogP contribution in [-0.2, 0) is 17.6 Å². The smallest absolute Gasteiger partial charge is 0.305 e. The minimum atomic E-state index is -0.818. The summed E-state index contributed by atoms with van der Waals surface area (Å²) in [5.74, 6) is 0.859. The molecule has 172 valence electrons. The van der Waals surface area contributed by atoms with Crippen LogP contribution in [0.15, 0.2) is 30.3 Å². The molecule has 0 radical (unpaired) electrons. The summed E-state index contributed by atoms with van der Waals surface area (Å²) in [5, 5.41) is 23.7. The predicted molar refractivity (Wildman–Crippen MR) is 128 cm³/mol. The molecule has 2 aromatic rings. The van der Waals surface area contributed by atoms with Gasteiger partial charge in [-0.3, -0.25) is 4.79 Å². The van der Waals surface area contributed by atoms with Crippen molar-refractivity contribution in [2.75, 3.05) is 23.8 Å². The van der Waals surface area contributed by atoms with E-state index in [4.69, 9.17) is 15.1 Å². The number of nitrogens with one attached hydrogen (secondary N) is 3. The first-order valence-electron chi connectivity index (χ1n) is 11.6. The maximum absolute atomic E-state index is 11.2. The molecule has 32 heavy (non-hydrogen) atoms. The minimum absolute atomic E-state index is 0.0576. The van der Waals surface area contributed by atoms with Gasteiger partial charge in [0.2, 0.25) is 0 Å². The van der Waals surface area contributed by atoms with Gasteiger partial charge >= 0.3 is 5.97 Å². The topological polar surface area (TPSA) is 107 Å². The Morgan fingerprint density at radius 2 is 2.22 bits per heavy atom. The molecule has 0 bridgehead atoms. The highest BCUT2D eigenvalue weighted by Gasteiger charge is 2.15. The summed E-state index contributed by atoms with van der Waals surface area (Å²) in [4.78, 5) is 15.9. The first-order valence-corrected chi connectivity index (χ1v) is 11.6. The van der Waals surface area contributed by atoms with Crippen LogP contribution >= 0.6 is 0 Å². The number of aryl methyl sites for hydroxylation is 1. The van der Waals surface area contributed by atoms with Gasteiger partial charge in [-0.05, 0) is 49.1 Å². The quantitative estimate of drug-likeness (QED) is 0.262. The van der Waals surface area contributed by atoms with Gasteiger partial charge in [0.1, 0.15) is 11.6 Å². The summed E-state index contributed by atoms with van der Waals surface area (Å²) in [6, 6.07) is 9.60. The number of benzene rings is 1. The van der Waals surface area contributed by atoms with E-state index in [9.17, 15) is 9.90 Å². The van der Waals surface area contributed by atoms with Crippen molar-refractivity contribution >= 4 is 23.7 Å². The lowest BCUT2D eigenvalue weighted by molar-refractivity contribution is -0.137. The van der Waals surface area contributed by atoms with Crippen molar-refractivity contribution in [3.8, 4) is 5.75 Å². The number of aromatic nitrogens is 1. The molecule has 7 heteroatoms. The zero-order chi connectivity index (χ0) is 22.8. The van der Waals surface area contributed by atoms with Gasteiger partial charge in [-0.25, -0.2) is 4.98 Å². The molecule has 1 aromatic carbocycles. The summed E-state index contributed by atoms with van der Waals surface area (Å²) in [7, 11) is 0. The third kappa shape index (κ3) is 6.97. The second-order valence-corrected chi connectivity index (χ2v) is 8.27. The molecule has 1 atom stereocenters. The monoisotopic (exact) mass is 438 g/mol. The van der Waals surface area contributed by atoms with Crippen molar-refractivity contribution in [3.63, 3.8) is 0 Å². The summed E-state index contributed by atoms with van der Waals surface area (Å²) in [5.41, 5.74) is 3.71. The van der Waals surface area contributed by atoms with Crippen molar-refractivity contribution in [1.82, 2.24) is 4.98 Å². The lowest BCUT2D eigenvalue weighted by Crippen LogP contribution is -2.23. The van der Waals surface area contributed by atoms with Gasteiger partial charge in [0.15, 0.2) is 0 Å². The Balaban J connectivity index is 1.58. The number of unbranched alkanes of at least 4 members (excludes halogenated alkanes) is 2. The van der Waals surface area contributed by atoms with Crippen LogP contribution in [0.25, 0.3) is 0 Å². The Morgan fingerprint density at radius 3 is 3.00 bits per heavy atom. The predicted octanol–water partition coefficient (Wildman–Crippen LogP) is 4.89. The van der Waals surface area contributed by atoms with E-state index < -0.39 is 5.97 Å². The van der Waals surface area contributed by atoms with E-state index in [1.807, 2.05) is 18.2 Å². The maximum Gasteiger partial charge on any atom is 0.305 e. The Labute approximate surface area is 190 Å². The molecule has 0 saturated carbocycles. The molecular weight excluding hydrogens is 404 g/mol. The van der Waals surface area contributed by atoms with Crippen LogP contribution in [0, 0.1) is 5.41 Å². The zero-order valence-corrected chi connectivity index (χ0v) is 18.8. The van der Waals surface area contributed by atoms with Gasteiger partial charge in [-0.2, -0.15) is 0 Å². The molecule has 0 saturated heterocycles. The molecule has 0 amide bonds. The number of ether oxygens (including phenoxy) is 1. The Morgan fingerprint density at radius 1 is 1.34 bits per heavy atom. The van der Waals surface area contributed by atoms with Gasteiger partial charge < -0.3 is 25.9 Å². The van der Waals surface area contributed by atoms with E-state index in [0.717, 1.165) is 62.3 Å². The van der Waals surface area contributed by atoms with Crippen LogP contribution in [-0.4, -0.2) is 41.5 Å². The number of carbonyl (C=O) groups is 1. The highest BCUT2D eigenvalue weighted by atomic mass is 16.5. The molecule has 3 rings (SSSR count). The molecule has 1 aliphatic rings. The summed E-state index contributed by atoms with van der Waals surface area (Å²) in [6.07, 6.45) is 8.20. The van der Waals surface area contributed by atoms with Crippen molar-refractivity contribution in [2.24, 2.45) is 0 Å². The number of anilines is 2. The lowest BCUT2D eigenvalue weighted by atomic mass is 10.0. The number of pyridine rings is 1. The van der Waals surface area contributed by atoms with E-state index in [1.54, 1.807) is 0 Å². The molecule has 0 fully saturated rings. The van der Waals surface area contributed by atoms with Crippen LogP contribution in [0.1, 0.15) is 62.3 Å². The summed E-state index contributed by atoms with van der Waals surface area (Å²) >= 11 is 0. The van der Waals surface area contributed by atoms with Crippen LogP contribution in [0.5, 0.6) is 5.75 Å². The number of carboxylic acids is 1. The van der Waals surface area contributed by atoms with E-state index >= 15 is 0 Å². The lowest BCUT2D eigenvalue weighted by Gasteiger charge is -2.20. The number of nitrogens with zero attached hydrogens (tertiary/aromatic N) is 1. The molecular formula is C25H34N4O3. The molecule has 0 aliphatic carbocycles. The van der Waals surface area contributed by atoms with Gasteiger partial charge in [-0.15, -0.1) is 0 Å². The highest BCUT2D eigenvalue weighted by Crippen LogP contribution is 2.24.